The van der Waals surface area contributed by atoms with Crippen molar-refractivity contribution in [3.8, 4) is 0 Å². The molecule has 0 spiro atoms. The lowest BCUT2D eigenvalue weighted by Crippen LogP contribution is -2.41. The fourth-order valence-corrected chi connectivity index (χ4v) is 3.83. The van der Waals surface area contributed by atoms with Gasteiger partial charge in [0.05, 0.1) is 11.0 Å². The maximum Gasteiger partial charge on any atom is 0.191 e. The highest BCUT2D eigenvalue weighted by molar-refractivity contribution is 7.11. The predicted molar refractivity (Wildman–Crippen MR) is 101 cm³/mol. The zero-order chi connectivity index (χ0) is 17.6. The Hall–Kier alpha value is -1.96. The van der Waals surface area contributed by atoms with Gasteiger partial charge in [0.2, 0.25) is 0 Å². The molecule has 136 valence electrons. The van der Waals surface area contributed by atoms with Gasteiger partial charge in [-0.15, -0.1) is 11.3 Å². The molecular weight excluding hydrogens is 334 g/mol. The van der Waals surface area contributed by atoms with Crippen LogP contribution < -0.4 is 10.6 Å². The highest BCUT2D eigenvalue weighted by atomic mass is 32.1. The number of thiazole rings is 1. The molecular formula is C17H27N7S. The molecule has 25 heavy (non-hydrogen) atoms. The van der Waals surface area contributed by atoms with E-state index < -0.39 is 0 Å². The van der Waals surface area contributed by atoms with Crippen molar-refractivity contribution in [2.75, 3.05) is 13.1 Å². The third-order valence-corrected chi connectivity index (χ3v) is 5.38. The van der Waals surface area contributed by atoms with Crippen molar-refractivity contribution in [2.24, 2.45) is 4.99 Å². The Morgan fingerprint density at radius 2 is 2.32 bits per heavy atom. The summed E-state index contributed by atoms with van der Waals surface area (Å²) in [5, 5.41) is 12.5. The molecule has 8 heteroatoms. The first kappa shape index (κ1) is 17.8. The van der Waals surface area contributed by atoms with Crippen molar-refractivity contribution < 1.29 is 0 Å². The van der Waals surface area contributed by atoms with Crippen molar-refractivity contribution in [2.45, 2.75) is 59.0 Å². The molecule has 0 amide bonds. The van der Waals surface area contributed by atoms with Gasteiger partial charge in [0.15, 0.2) is 5.96 Å². The fraction of sp³-hybridized carbons (Fsp3) is 0.647. The molecule has 1 atom stereocenters. The quantitative estimate of drug-likeness (QED) is 0.609. The van der Waals surface area contributed by atoms with Crippen LogP contribution in [0.5, 0.6) is 0 Å². The Bertz CT molecular complexity index is 718. The van der Waals surface area contributed by atoms with Gasteiger partial charge in [0.1, 0.15) is 11.6 Å². The van der Waals surface area contributed by atoms with E-state index in [2.05, 4.69) is 39.5 Å². The van der Waals surface area contributed by atoms with Crippen LogP contribution in [0.15, 0.2) is 11.2 Å². The van der Waals surface area contributed by atoms with Crippen LogP contribution in [0.25, 0.3) is 0 Å². The zero-order valence-electron chi connectivity index (χ0n) is 15.2. The molecule has 0 saturated heterocycles. The fourth-order valence-electron chi connectivity index (χ4n) is 2.98. The van der Waals surface area contributed by atoms with Gasteiger partial charge in [-0.3, -0.25) is 4.99 Å². The van der Waals surface area contributed by atoms with E-state index in [9.17, 15) is 0 Å². The number of rotatable bonds is 6. The summed E-state index contributed by atoms with van der Waals surface area (Å²) in [6, 6.07) is 0.166. The smallest absolute Gasteiger partial charge is 0.191 e. The van der Waals surface area contributed by atoms with E-state index in [-0.39, 0.29) is 6.04 Å². The highest BCUT2D eigenvalue weighted by Gasteiger charge is 2.24. The summed E-state index contributed by atoms with van der Waals surface area (Å²) in [4.78, 5) is 15.1. The minimum atomic E-state index is 0.166. The van der Waals surface area contributed by atoms with Gasteiger partial charge in [-0.2, -0.15) is 5.10 Å². The van der Waals surface area contributed by atoms with Crippen molar-refractivity contribution in [3.63, 3.8) is 0 Å². The van der Waals surface area contributed by atoms with Gasteiger partial charge < -0.3 is 10.6 Å². The number of aryl methyl sites for hydroxylation is 3. The Morgan fingerprint density at radius 3 is 3.08 bits per heavy atom. The summed E-state index contributed by atoms with van der Waals surface area (Å²) in [7, 11) is 0. The van der Waals surface area contributed by atoms with E-state index in [1.165, 1.54) is 4.88 Å². The SMILES string of the molecule is CCNC(=NCCc1ncc(CC)s1)NC1CCCn2nc(C)nc21. The molecule has 2 aromatic heterocycles. The molecule has 1 aliphatic heterocycles. The number of fused-ring (bicyclic) bond motifs is 1. The van der Waals surface area contributed by atoms with Gasteiger partial charge in [-0.05, 0) is 33.1 Å². The lowest BCUT2D eigenvalue weighted by atomic mass is 10.1. The van der Waals surface area contributed by atoms with Crippen LogP contribution in [-0.2, 0) is 19.4 Å². The molecule has 0 fully saturated rings. The first-order valence-electron chi connectivity index (χ1n) is 9.09. The predicted octanol–water partition coefficient (Wildman–Crippen LogP) is 2.24. The summed E-state index contributed by atoms with van der Waals surface area (Å²) in [6.45, 7) is 8.70. The van der Waals surface area contributed by atoms with Crippen LogP contribution in [0, 0.1) is 6.92 Å². The molecule has 0 aromatic carbocycles. The molecule has 1 aliphatic rings. The molecule has 0 saturated carbocycles. The van der Waals surface area contributed by atoms with Gasteiger partial charge >= 0.3 is 0 Å². The molecule has 7 nitrogen and oxygen atoms in total. The van der Waals surface area contributed by atoms with E-state index in [4.69, 9.17) is 4.99 Å². The van der Waals surface area contributed by atoms with Crippen LogP contribution in [0.1, 0.15) is 54.3 Å². The largest absolute Gasteiger partial charge is 0.357 e. The topological polar surface area (TPSA) is 80.0 Å². The second-order valence-electron chi connectivity index (χ2n) is 6.16. The van der Waals surface area contributed by atoms with Gasteiger partial charge in [0.25, 0.3) is 0 Å². The van der Waals surface area contributed by atoms with Crippen LogP contribution in [0.2, 0.25) is 0 Å². The van der Waals surface area contributed by atoms with Crippen LogP contribution in [0.3, 0.4) is 0 Å². The number of hydrogen-bond donors (Lipinski definition) is 2. The van der Waals surface area contributed by atoms with Gasteiger partial charge in [0, 0.05) is 37.1 Å². The maximum absolute atomic E-state index is 4.72. The molecule has 1 unspecified atom stereocenters. The number of aromatic nitrogens is 4. The number of aliphatic imine (C=N–C) groups is 1. The van der Waals surface area contributed by atoms with Crippen LogP contribution in [0.4, 0.5) is 0 Å². The second kappa shape index (κ2) is 8.42. The maximum atomic E-state index is 4.72. The molecule has 0 bridgehead atoms. The Balaban J connectivity index is 1.62. The Kier molecular flexibility index (Phi) is 6.01. The number of guanidine groups is 1. The summed E-state index contributed by atoms with van der Waals surface area (Å²) < 4.78 is 2.02. The van der Waals surface area contributed by atoms with E-state index in [0.29, 0.717) is 0 Å². The molecule has 3 heterocycles. The van der Waals surface area contributed by atoms with Crippen LogP contribution >= 0.6 is 11.3 Å². The zero-order valence-corrected chi connectivity index (χ0v) is 16.1. The summed E-state index contributed by atoms with van der Waals surface area (Å²) in [5.41, 5.74) is 0. The van der Waals surface area contributed by atoms with Crippen LogP contribution in [-0.4, -0.2) is 38.8 Å². The molecule has 2 N–H and O–H groups in total. The third-order valence-electron chi connectivity index (χ3n) is 4.18. The van der Waals surface area contributed by atoms with Crippen molar-refractivity contribution >= 4 is 17.3 Å². The van der Waals surface area contributed by atoms with E-state index in [1.807, 2.05) is 17.8 Å². The summed E-state index contributed by atoms with van der Waals surface area (Å²) in [5.74, 6) is 2.69. The number of hydrogen-bond acceptors (Lipinski definition) is 5. The highest BCUT2D eigenvalue weighted by Crippen LogP contribution is 2.22. The van der Waals surface area contributed by atoms with Crippen molar-refractivity contribution in [3.05, 3.63) is 27.7 Å². The molecule has 0 radical (unpaired) electrons. The van der Waals surface area contributed by atoms with Gasteiger partial charge in [-0.1, -0.05) is 6.92 Å². The standard InChI is InChI=1S/C17H27N7S/c1-4-13-11-20-15(25-13)8-9-19-17(18-5-2)22-14-7-6-10-24-16(14)21-12(3)23-24/h11,14H,4-10H2,1-3H3,(H2,18,19,22). The number of nitrogens with one attached hydrogen (secondary N) is 2. The van der Waals surface area contributed by atoms with Crippen molar-refractivity contribution in [1.29, 1.82) is 0 Å². The van der Waals surface area contributed by atoms with E-state index in [1.54, 1.807) is 11.3 Å². The summed E-state index contributed by atoms with van der Waals surface area (Å²) >= 11 is 1.78. The van der Waals surface area contributed by atoms with E-state index >= 15 is 0 Å². The second-order valence-corrected chi connectivity index (χ2v) is 7.36. The first-order chi connectivity index (χ1) is 12.2. The number of nitrogens with zero attached hydrogens (tertiary/aromatic N) is 5. The van der Waals surface area contributed by atoms with Gasteiger partial charge in [-0.25, -0.2) is 14.6 Å². The molecule has 3 rings (SSSR count). The average molecular weight is 362 g/mol. The Labute approximate surface area is 153 Å². The minimum absolute atomic E-state index is 0.166. The Morgan fingerprint density at radius 1 is 1.44 bits per heavy atom. The first-order valence-corrected chi connectivity index (χ1v) is 9.91. The summed E-state index contributed by atoms with van der Waals surface area (Å²) in [6.07, 6.45) is 6.05. The van der Waals surface area contributed by atoms with E-state index in [0.717, 1.165) is 67.9 Å². The molecule has 0 aliphatic carbocycles. The normalized spacial score (nSPS) is 17.4. The lowest BCUT2D eigenvalue weighted by Gasteiger charge is -2.25. The molecule has 2 aromatic rings. The minimum Gasteiger partial charge on any atom is -0.357 e. The lowest BCUT2D eigenvalue weighted by molar-refractivity contribution is 0.397. The monoisotopic (exact) mass is 361 g/mol. The average Bonchev–Trinajstić information content (AvgIpc) is 3.21. The third kappa shape index (κ3) is 4.56. The van der Waals surface area contributed by atoms with Crippen molar-refractivity contribution in [1.82, 2.24) is 30.4 Å².